The molecule has 0 radical (unpaired) electrons. The third kappa shape index (κ3) is 8.07. The quantitative estimate of drug-likeness (QED) is 0.633. The number of nitrogens with zero attached hydrogens (tertiary/aromatic N) is 2. The number of amides is 1. The summed E-state index contributed by atoms with van der Waals surface area (Å²) in [6.07, 6.45) is 0.705. The number of benzene rings is 1. The lowest BCUT2D eigenvalue weighted by Gasteiger charge is -2.13. The van der Waals surface area contributed by atoms with Gasteiger partial charge < -0.3 is 19.9 Å². The number of carbonyl (C=O) groups excluding carboxylic acids is 1. The Hall–Kier alpha value is -1.96. The van der Waals surface area contributed by atoms with Crippen molar-refractivity contribution in [1.82, 2.24) is 20.8 Å². The fraction of sp³-hybridized carbons (Fsp3) is 0.526. The Kier molecular flexibility index (Phi) is 9.41. The van der Waals surface area contributed by atoms with E-state index in [0.29, 0.717) is 43.4 Å². The standard InChI is InChI=1S/C19H28N4O3.ClH/c1-19(2,3)13-16-22-17(23-26-16)14-6-5-7-15(12-14)18(24)21-9-8-20-10-11-25-4;/h5-7,12,20H,8-11,13H2,1-4H3,(H,21,24);1H. The lowest BCUT2D eigenvalue weighted by molar-refractivity contribution is 0.0953. The number of hydrogen-bond acceptors (Lipinski definition) is 6. The first-order valence-electron chi connectivity index (χ1n) is 8.80. The summed E-state index contributed by atoms with van der Waals surface area (Å²) in [5.74, 6) is 0.975. The molecule has 0 fully saturated rings. The minimum Gasteiger partial charge on any atom is -0.383 e. The zero-order chi connectivity index (χ0) is 19.0. The van der Waals surface area contributed by atoms with Crippen LogP contribution in [0.1, 0.15) is 37.0 Å². The van der Waals surface area contributed by atoms with Gasteiger partial charge in [0.25, 0.3) is 5.91 Å². The molecule has 0 saturated carbocycles. The second-order valence-electron chi connectivity index (χ2n) is 7.33. The van der Waals surface area contributed by atoms with Crippen LogP contribution < -0.4 is 10.6 Å². The topological polar surface area (TPSA) is 89.3 Å². The van der Waals surface area contributed by atoms with E-state index >= 15 is 0 Å². The van der Waals surface area contributed by atoms with E-state index < -0.39 is 0 Å². The van der Waals surface area contributed by atoms with Crippen LogP contribution in [0.15, 0.2) is 28.8 Å². The average Bonchev–Trinajstić information content (AvgIpc) is 3.04. The predicted octanol–water partition coefficient (Wildman–Crippen LogP) is 2.71. The van der Waals surface area contributed by atoms with Crippen LogP contribution in [0.4, 0.5) is 0 Å². The molecule has 0 saturated heterocycles. The first-order valence-corrected chi connectivity index (χ1v) is 8.80. The summed E-state index contributed by atoms with van der Waals surface area (Å²) in [4.78, 5) is 16.7. The highest BCUT2D eigenvalue weighted by molar-refractivity contribution is 5.95. The molecule has 2 aromatic rings. The van der Waals surface area contributed by atoms with Crippen LogP contribution >= 0.6 is 12.4 Å². The van der Waals surface area contributed by atoms with Crippen molar-refractivity contribution in [3.8, 4) is 11.4 Å². The fourth-order valence-electron chi connectivity index (χ4n) is 2.36. The van der Waals surface area contributed by atoms with Crippen LogP contribution in [0.2, 0.25) is 0 Å². The number of ether oxygens (including phenoxy) is 1. The number of carbonyl (C=O) groups is 1. The molecule has 0 bridgehead atoms. The van der Waals surface area contributed by atoms with Gasteiger partial charge in [0, 0.05) is 44.3 Å². The molecule has 2 N–H and O–H groups in total. The minimum absolute atomic E-state index is 0. The van der Waals surface area contributed by atoms with Crippen molar-refractivity contribution in [1.29, 1.82) is 0 Å². The Labute approximate surface area is 166 Å². The summed E-state index contributed by atoms with van der Waals surface area (Å²) in [6, 6.07) is 7.24. The zero-order valence-electron chi connectivity index (χ0n) is 16.4. The third-order valence-corrected chi connectivity index (χ3v) is 3.60. The molecule has 1 amide bonds. The van der Waals surface area contributed by atoms with E-state index in [-0.39, 0.29) is 23.7 Å². The number of rotatable bonds is 9. The molecular weight excluding hydrogens is 368 g/mol. The van der Waals surface area contributed by atoms with Gasteiger partial charge in [-0.1, -0.05) is 38.1 Å². The number of halogens is 1. The van der Waals surface area contributed by atoms with Crippen molar-refractivity contribution in [3.05, 3.63) is 35.7 Å². The fourth-order valence-corrected chi connectivity index (χ4v) is 2.36. The van der Waals surface area contributed by atoms with E-state index in [1.807, 2.05) is 12.1 Å². The van der Waals surface area contributed by atoms with E-state index in [0.717, 1.165) is 12.1 Å². The lowest BCUT2D eigenvalue weighted by Crippen LogP contribution is -2.33. The first kappa shape index (κ1) is 23.1. The molecule has 0 aliphatic heterocycles. The van der Waals surface area contributed by atoms with Crippen molar-refractivity contribution in [3.63, 3.8) is 0 Å². The van der Waals surface area contributed by atoms with E-state index in [4.69, 9.17) is 9.26 Å². The molecule has 7 nitrogen and oxygen atoms in total. The number of nitrogens with one attached hydrogen (secondary N) is 2. The van der Waals surface area contributed by atoms with Crippen molar-refractivity contribution in [2.45, 2.75) is 27.2 Å². The molecule has 8 heteroatoms. The molecule has 150 valence electrons. The summed E-state index contributed by atoms with van der Waals surface area (Å²) in [7, 11) is 1.66. The van der Waals surface area contributed by atoms with Gasteiger partial charge in [0.1, 0.15) is 0 Å². The van der Waals surface area contributed by atoms with Gasteiger partial charge in [-0.25, -0.2) is 0 Å². The monoisotopic (exact) mass is 396 g/mol. The van der Waals surface area contributed by atoms with Gasteiger partial charge in [-0.05, 0) is 17.5 Å². The van der Waals surface area contributed by atoms with Crippen molar-refractivity contribution < 1.29 is 14.1 Å². The highest BCUT2D eigenvalue weighted by Gasteiger charge is 2.17. The van der Waals surface area contributed by atoms with Crippen LogP contribution in [-0.4, -0.2) is 49.4 Å². The Balaban J connectivity index is 0.00000364. The Morgan fingerprint density at radius 3 is 2.70 bits per heavy atom. The predicted molar refractivity (Wildman–Crippen MR) is 107 cm³/mol. The normalized spacial score (nSPS) is 11.1. The Bertz CT molecular complexity index is 713. The van der Waals surface area contributed by atoms with Gasteiger partial charge in [-0.2, -0.15) is 4.98 Å². The summed E-state index contributed by atoms with van der Waals surface area (Å²) in [5, 5.41) is 10.1. The largest absolute Gasteiger partial charge is 0.383 e. The van der Waals surface area contributed by atoms with Crippen LogP contribution in [0.3, 0.4) is 0 Å². The third-order valence-electron chi connectivity index (χ3n) is 3.60. The zero-order valence-corrected chi connectivity index (χ0v) is 17.2. The SMILES string of the molecule is COCCNCCNC(=O)c1cccc(-c2noc(CC(C)(C)C)n2)c1.Cl. The van der Waals surface area contributed by atoms with Crippen LogP contribution in [-0.2, 0) is 11.2 Å². The van der Waals surface area contributed by atoms with Gasteiger partial charge in [-0.3, -0.25) is 4.79 Å². The maximum atomic E-state index is 12.3. The highest BCUT2D eigenvalue weighted by Crippen LogP contribution is 2.22. The number of aromatic nitrogens is 2. The van der Waals surface area contributed by atoms with E-state index in [1.54, 1.807) is 19.2 Å². The molecule has 0 atom stereocenters. The molecular formula is C19H29ClN4O3. The van der Waals surface area contributed by atoms with E-state index in [9.17, 15) is 4.79 Å². The first-order chi connectivity index (χ1) is 12.4. The van der Waals surface area contributed by atoms with Crippen LogP contribution in [0.25, 0.3) is 11.4 Å². The van der Waals surface area contributed by atoms with Crippen LogP contribution in [0.5, 0.6) is 0 Å². The molecule has 2 rings (SSSR count). The molecule has 0 unspecified atom stereocenters. The number of methoxy groups -OCH3 is 1. The molecule has 1 aromatic carbocycles. The number of hydrogen-bond donors (Lipinski definition) is 2. The average molecular weight is 397 g/mol. The summed E-state index contributed by atoms with van der Waals surface area (Å²) < 4.78 is 10.3. The second-order valence-corrected chi connectivity index (χ2v) is 7.33. The molecule has 0 spiro atoms. The van der Waals surface area contributed by atoms with Crippen molar-refractivity contribution in [2.24, 2.45) is 5.41 Å². The summed E-state index contributed by atoms with van der Waals surface area (Å²) in [6.45, 7) is 9.00. The Morgan fingerprint density at radius 1 is 1.22 bits per heavy atom. The van der Waals surface area contributed by atoms with Gasteiger partial charge in [0.2, 0.25) is 11.7 Å². The van der Waals surface area contributed by atoms with Crippen molar-refractivity contribution >= 4 is 18.3 Å². The van der Waals surface area contributed by atoms with Crippen molar-refractivity contribution in [2.75, 3.05) is 33.4 Å². The molecule has 0 aliphatic rings. The molecule has 27 heavy (non-hydrogen) atoms. The van der Waals surface area contributed by atoms with Gasteiger partial charge in [-0.15, -0.1) is 12.4 Å². The van der Waals surface area contributed by atoms with Gasteiger partial charge in [0.05, 0.1) is 6.61 Å². The van der Waals surface area contributed by atoms with E-state index in [2.05, 4.69) is 41.5 Å². The van der Waals surface area contributed by atoms with Gasteiger partial charge in [0.15, 0.2) is 0 Å². The van der Waals surface area contributed by atoms with Crippen LogP contribution in [0, 0.1) is 5.41 Å². The summed E-state index contributed by atoms with van der Waals surface area (Å²) >= 11 is 0. The molecule has 0 aliphatic carbocycles. The molecule has 1 heterocycles. The highest BCUT2D eigenvalue weighted by atomic mass is 35.5. The summed E-state index contributed by atoms with van der Waals surface area (Å²) in [5.41, 5.74) is 1.41. The maximum Gasteiger partial charge on any atom is 0.251 e. The molecule has 1 aromatic heterocycles. The Morgan fingerprint density at radius 2 is 2.00 bits per heavy atom. The second kappa shape index (κ2) is 11.0. The maximum absolute atomic E-state index is 12.3. The van der Waals surface area contributed by atoms with Gasteiger partial charge >= 0.3 is 0 Å². The van der Waals surface area contributed by atoms with E-state index in [1.165, 1.54) is 0 Å². The lowest BCUT2D eigenvalue weighted by atomic mass is 9.92. The smallest absolute Gasteiger partial charge is 0.251 e. The minimum atomic E-state index is -0.126.